The number of anilines is 1. The normalized spacial score (nSPS) is 21.8. The van der Waals surface area contributed by atoms with Crippen molar-refractivity contribution in [3.05, 3.63) is 23.8 Å². The van der Waals surface area contributed by atoms with Crippen LogP contribution in [0.3, 0.4) is 0 Å². The average molecular weight is 290 g/mol. The monoisotopic (exact) mass is 290 g/mol. The molecule has 0 unspecified atom stereocenters. The third-order valence-electron chi connectivity index (χ3n) is 4.47. The molecule has 4 heteroatoms. The highest BCUT2D eigenvalue weighted by Crippen LogP contribution is 2.30. The molecule has 0 bridgehead atoms. The molecule has 4 nitrogen and oxygen atoms in total. The van der Waals surface area contributed by atoms with Gasteiger partial charge < -0.3 is 15.8 Å². The summed E-state index contributed by atoms with van der Waals surface area (Å²) in [5.41, 5.74) is 6.89. The maximum absolute atomic E-state index is 12.1. The first-order valence-electron chi connectivity index (χ1n) is 7.82. The van der Waals surface area contributed by atoms with E-state index >= 15 is 0 Å². The number of nitrogens with two attached hydrogens (primary N) is 1. The van der Waals surface area contributed by atoms with Crippen LogP contribution in [0.2, 0.25) is 0 Å². The topological polar surface area (TPSA) is 64.3 Å². The van der Waals surface area contributed by atoms with Crippen molar-refractivity contribution < 1.29 is 9.53 Å². The molecule has 1 aliphatic carbocycles. The van der Waals surface area contributed by atoms with Crippen LogP contribution in [0.15, 0.2) is 18.2 Å². The molecule has 2 rings (SSSR count). The molecule has 0 saturated heterocycles. The van der Waals surface area contributed by atoms with Crippen molar-refractivity contribution in [2.75, 3.05) is 19.4 Å². The minimum atomic E-state index is -0.0579. The van der Waals surface area contributed by atoms with Crippen LogP contribution in [0, 0.1) is 11.8 Å². The van der Waals surface area contributed by atoms with Crippen molar-refractivity contribution in [3.8, 4) is 5.75 Å². The quantitative estimate of drug-likeness (QED) is 0.818. The maximum Gasteiger partial charge on any atom is 0.251 e. The summed E-state index contributed by atoms with van der Waals surface area (Å²) >= 11 is 0. The lowest BCUT2D eigenvalue weighted by atomic mass is 9.81. The molecule has 1 aromatic carbocycles. The van der Waals surface area contributed by atoms with Crippen LogP contribution in [-0.4, -0.2) is 19.6 Å². The Morgan fingerprint density at radius 3 is 2.71 bits per heavy atom. The molecule has 1 amide bonds. The van der Waals surface area contributed by atoms with E-state index < -0.39 is 0 Å². The summed E-state index contributed by atoms with van der Waals surface area (Å²) in [7, 11) is 1.55. The van der Waals surface area contributed by atoms with Gasteiger partial charge in [0.05, 0.1) is 12.8 Å². The Hall–Kier alpha value is -1.71. The number of methoxy groups -OCH3 is 1. The second kappa shape index (κ2) is 7.34. The Labute approximate surface area is 127 Å². The van der Waals surface area contributed by atoms with Crippen molar-refractivity contribution in [2.45, 2.75) is 39.0 Å². The van der Waals surface area contributed by atoms with Crippen LogP contribution >= 0.6 is 0 Å². The average Bonchev–Trinajstić information content (AvgIpc) is 2.49. The summed E-state index contributed by atoms with van der Waals surface area (Å²) in [6.07, 6.45) is 6.32. The fraction of sp³-hybridized carbons (Fsp3) is 0.588. The maximum atomic E-state index is 12.1. The van der Waals surface area contributed by atoms with Crippen molar-refractivity contribution in [2.24, 2.45) is 11.8 Å². The number of carbonyl (C=O) groups is 1. The molecule has 1 saturated carbocycles. The fourth-order valence-electron chi connectivity index (χ4n) is 2.96. The van der Waals surface area contributed by atoms with Crippen LogP contribution in [0.1, 0.15) is 49.4 Å². The van der Waals surface area contributed by atoms with E-state index in [2.05, 4.69) is 12.2 Å². The van der Waals surface area contributed by atoms with E-state index in [0.29, 0.717) is 17.0 Å². The lowest BCUT2D eigenvalue weighted by Gasteiger charge is -2.26. The largest absolute Gasteiger partial charge is 0.495 e. The number of hydrogen-bond donors (Lipinski definition) is 2. The van der Waals surface area contributed by atoms with Gasteiger partial charge in [-0.05, 0) is 36.5 Å². The van der Waals surface area contributed by atoms with Crippen LogP contribution in [-0.2, 0) is 0 Å². The van der Waals surface area contributed by atoms with E-state index in [-0.39, 0.29) is 5.91 Å². The Morgan fingerprint density at radius 2 is 2.05 bits per heavy atom. The molecule has 0 radical (unpaired) electrons. The van der Waals surface area contributed by atoms with Crippen LogP contribution < -0.4 is 15.8 Å². The predicted octanol–water partition coefficient (Wildman–Crippen LogP) is 3.22. The number of nitrogens with one attached hydrogen (secondary N) is 1. The number of ether oxygens (including phenoxy) is 1. The highest BCUT2D eigenvalue weighted by molar-refractivity contribution is 5.95. The van der Waals surface area contributed by atoms with Gasteiger partial charge >= 0.3 is 0 Å². The lowest BCUT2D eigenvalue weighted by Crippen LogP contribution is -2.27. The second-order valence-corrected chi connectivity index (χ2v) is 6.13. The van der Waals surface area contributed by atoms with Gasteiger partial charge in [0.2, 0.25) is 0 Å². The Bertz CT molecular complexity index is 480. The minimum Gasteiger partial charge on any atom is -0.495 e. The number of benzene rings is 1. The Balaban J connectivity index is 1.79. The van der Waals surface area contributed by atoms with Crippen molar-refractivity contribution in [1.82, 2.24) is 5.32 Å². The van der Waals surface area contributed by atoms with E-state index in [1.807, 2.05) is 0 Å². The van der Waals surface area contributed by atoms with Crippen LogP contribution in [0.25, 0.3) is 0 Å². The lowest BCUT2D eigenvalue weighted by molar-refractivity contribution is 0.0949. The number of rotatable bonds is 5. The molecule has 3 N–H and O–H groups in total. The summed E-state index contributed by atoms with van der Waals surface area (Å²) in [4.78, 5) is 12.1. The summed E-state index contributed by atoms with van der Waals surface area (Å²) in [6, 6.07) is 5.12. The van der Waals surface area contributed by atoms with E-state index in [0.717, 1.165) is 24.8 Å². The van der Waals surface area contributed by atoms with Gasteiger partial charge in [-0.15, -0.1) is 0 Å². The van der Waals surface area contributed by atoms with Gasteiger partial charge in [0.15, 0.2) is 0 Å². The van der Waals surface area contributed by atoms with E-state index in [1.165, 1.54) is 25.7 Å². The summed E-state index contributed by atoms with van der Waals surface area (Å²) in [6.45, 7) is 3.07. The molecule has 1 aromatic rings. The van der Waals surface area contributed by atoms with Gasteiger partial charge in [-0.1, -0.05) is 32.6 Å². The van der Waals surface area contributed by atoms with E-state index in [1.54, 1.807) is 25.3 Å². The minimum absolute atomic E-state index is 0.0579. The van der Waals surface area contributed by atoms with E-state index in [9.17, 15) is 4.79 Å². The molecule has 0 aromatic heterocycles. The molecular formula is C17H26N2O2. The van der Waals surface area contributed by atoms with Gasteiger partial charge in [0.25, 0.3) is 5.91 Å². The molecule has 0 heterocycles. The molecule has 1 aliphatic rings. The Morgan fingerprint density at radius 1 is 1.33 bits per heavy atom. The van der Waals surface area contributed by atoms with Gasteiger partial charge in [-0.3, -0.25) is 4.79 Å². The fourth-order valence-corrected chi connectivity index (χ4v) is 2.96. The first-order chi connectivity index (χ1) is 10.1. The zero-order valence-corrected chi connectivity index (χ0v) is 13.0. The first kappa shape index (κ1) is 15.7. The molecule has 0 atom stereocenters. The van der Waals surface area contributed by atoms with Crippen molar-refractivity contribution in [3.63, 3.8) is 0 Å². The second-order valence-electron chi connectivity index (χ2n) is 6.13. The van der Waals surface area contributed by atoms with E-state index in [4.69, 9.17) is 10.5 Å². The zero-order chi connectivity index (χ0) is 15.2. The van der Waals surface area contributed by atoms with Crippen LogP contribution in [0.4, 0.5) is 5.69 Å². The van der Waals surface area contributed by atoms with Crippen molar-refractivity contribution >= 4 is 11.6 Å². The summed E-state index contributed by atoms with van der Waals surface area (Å²) < 4.78 is 5.14. The van der Waals surface area contributed by atoms with Crippen LogP contribution in [0.5, 0.6) is 5.75 Å². The SMILES string of the molecule is COc1cc(C(=O)NCCC2CCC(C)CC2)ccc1N. The van der Waals surface area contributed by atoms with Gasteiger partial charge in [0, 0.05) is 12.1 Å². The van der Waals surface area contributed by atoms with Gasteiger partial charge in [-0.2, -0.15) is 0 Å². The molecule has 0 aliphatic heterocycles. The molecule has 21 heavy (non-hydrogen) atoms. The smallest absolute Gasteiger partial charge is 0.251 e. The number of carbonyl (C=O) groups excluding carboxylic acids is 1. The Kier molecular flexibility index (Phi) is 5.48. The third-order valence-corrected chi connectivity index (χ3v) is 4.47. The summed E-state index contributed by atoms with van der Waals surface area (Å²) in [5, 5.41) is 2.99. The van der Waals surface area contributed by atoms with Crippen molar-refractivity contribution in [1.29, 1.82) is 0 Å². The standard InChI is InChI=1S/C17H26N2O2/c1-12-3-5-13(6-4-12)9-10-19-17(20)14-7-8-15(18)16(11-14)21-2/h7-8,11-13H,3-6,9-10,18H2,1-2H3,(H,19,20). The molecule has 116 valence electrons. The molecule has 1 fully saturated rings. The molecular weight excluding hydrogens is 264 g/mol. The number of amides is 1. The highest BCUT2D eigenvalue weighted by atomic mass is 16.5. The zero-order valence-electron chi connectivity index (χ0n) is 13.0. The van der Waals surface area contributed by atoms with Gasteiger partial charge in [-0.25, -0.2) is 0 Å². The number of hydrogen-bond acceptors (Lipinski definition) is 3. The predicted molar refractivity (Wildman–Crippen MR) is 85.5 cm³/mol. The first-order valence-corrected chi connectivity index (χ1v) is 7.82. The van der Waals surface area contributed by atoms with Gasteiger partial charge in [0.1, 0.15) is 5.75 Å². The number of nitrogen functional groups attached to an aromatic ring is 1. The summed E-state index contributed by atoms with van der Waals surface area (Å²) in [5.74, 6) is 2.13. The molecule has 0 spiro atoms. The third kappa shape index (κ3) is 4.38. The highest BCUT2D eigenvalue weighted by Gasteiger charge is 2.18.